The van der Waals surface area contributed by atoms with E-state index in [2.05, 4.69) is 10.1 Å². The van der Waals surface area contributed by atoms with Crippen LogP contribution in [0, 0.1) is 0 Å². The van der Waals surface area contributed by atoms with Crippen LogP contribution in [0.15, 0.2) is 57.9 Å². The Morgan fingerprint density at radius 2 is 1.69 bits per heavy atom. The second kappa shape index (κ2) is 10.0. The maximum absolute atomic E-state index is 13.1. The third-order valence-corrected chi connectivity index (χ3v) is 7.92. The van der Waals surface area contributed by atoms with Crippen LogP contribution in [-0.2, 0) is 21.2 Å². The number of benzene rings is 2. The number of aromatic nitrogens is 2. The minimum Gasteiger partial charge on any atom is -0.486 e. The van der Waals surface area contributed by atoms with Crippen molar-refractivity contribution in [3.63, 3.8) is 0 Å². The third kappa shape index (κ3) is 5.15. The zero-order chi connectivity index (χ0) is 24.3. The molecule has 5 rings (SSSR count). The highest BCUT2D eigenvalue weighted by atomic mass is 32.2. The highest BCUT2D eigenvalue weighted by Gasteiger charge is 2.31. The molecule has 2 aliphatic heterocycles. The monoisotopic (exact) mass is 498 g/mol. The molecule has 1 saturated heterocycles. The lowest BCUT2D eigenvalue weighted by molar-refractivity contribution is -0.132. The van der Waals surface area contributed by atoms with Crippen molar-refractivity contribution in [2.75, 3.05) is 39.4 Å². The van der Waals surface area contributed by atoms with Gasteiger partial charge in [0.05, 0.1) is 4.90 Å². The maximum Gasteiger partial charge on any atom is 0.243 e. The lowest BCUT2D eigenvalue weighted by atomic mass is 10.2. The van der Waals surface area contributed by atoms with Gasteiger partial charge in [0.15, 0.2) is 11.5 Å². The van der Waals surface area contributed by atoms with Crippen LogP contribution in [0.5, 0.6) is 11.5 Å². The van der Waals surface area contributed by atoms with Crippen molar-refractivity contribution < 1.29 is 27.2 Å². The van der Waals surface area contributed by atoms with Crippen LogP contribution in [0.4, 0.5) is 0 Å². The van der Waals surface area contributed by atoms with Gasteiger partial charge in [0.2, 0.25) is 27.6 Å². The summed E-state index contributed by atoms with van der Waals surface area (Å²) >= 11 is 0. The zero-order valence-electron chi connectivity index (χ0n) is 19.1. The van der Waals surface area contributed by atoms with Crippen molar-refractivity contribution in [3.8, 4) is 22.9 Å². The molecule has 0 spiro atoms. The molecule has 0 saturated carbocycles. The van der Waals surface area contributed by atoms with Gasteiger partial charge in [0.25, 0.3) is 0 Å². The normalized spacial score (nSPS) is 16.3. The van der Waals surface area contributed by atoms with Crippen molar-refractivity contribution in [3.05, 3.63) is 54.4 Å². The van der Waals surface area contributed by atoms with E-state index in [-0.39, 0.29) is 23.9 Å². The molecule has 0 aliphatic carbocycles. The first-order chi connectivity index (χ1) is 17.0. The second-order valence-electron chi connectivity index (χ2n) is 8.32. The van der Waals surface area contributed by atoms with Gasteiger partial charge in [0, 0.05) is 50.7 Å². The van der Waals surface area contributed by atoms with Crippen LogP contribution in [-0.4, -0.2) is 73.1 Å². The Labute approximate surface area is 203 Å². The standard InChI is InChI=1S/C24H26N4O6S/c29-23(8-4-7-22-25-24(26-34-22)18-5-2-1-3-6-18)27-11-13-28(14-12-27)35(30,31)19-9-10-20-21(17-19)33-16-15-32-20/h1-3,5-6,9-10,17H,4,7-8,11-16H2. The molecule has 3 heterocycles. The van der Waals surface area contributed by atoms with E-state index in [1.807, 2.05) is 30.3 Å². The number of fused-ring (bicyclic) bond motifs is 1. The number of carbonyl (C=O) groups is 1. The minimum absolute atomic E-state index is 0.0100. The minimum atomic E-state index is -3.69. The van der Waals surface area contributed by atoms with Crippen molar-refractivity contribution in [1.29, 1.82) is 0 Å². The van der Waals surface area contributed by atoms with E-state index in [1.165, 1.54) is 16.4 Å². The Morgan fingerprint density at radius 1 is 0.943 bits per heavy atom. The van der Waals surface area contributed by atoms with Crippen LogP contribution >= 0.6 is 0 Å². The number of amides is 1. The number of hydrogen-bond donors (Lipinski definition) is 0. The van der Waals surface area contributed by atoms with E-state index in [4.69, 9.17) is 14.0 Å². The molecule has 2 aliphatic rings. The third-order valence-electron chi connectivity index (χ3n) is 6.02. The predicted molar refractivity (Wildman–Crippen MR) is 125 cm³/mol. The molecule has 10 nitrogen and oxygen atoms in total. The predicted octanol–water partition coefficient (Wildman–Crippen LogP) is 2.36. The van der Waals surface area contributed by atoms with Crippen molar-refractivity contribution >= 4 is 15.9 Å². The molecule has 0 atom stereocenters. The highest BCUT2D eigenvalue weighted by Crippen LogP contribution is 2.33. The zero-order valence-corrected chi connectivity index (χ0v) is 19.9. The van der Waals surface area contributed by atoms with E-state index < -0.39 is 10.0 Å². The largest absolute Gasteiger partial charge is 0.486 e. The summed E-state index contributed by atoms with van der Waals surface area (Å²) in [5, 5.41) is 4.00. The van der Waals surface area contributed by atoms with Gasteiger partial charge in [-0.3, -0.25) is 4.79 Å². The summed E-state index contributed by atoms with van der Waals surface area (Å²) < 4.78 is 43.9. The molecule has 1 aromatic heterocycles. The molecule has 184 valence electrons. The van der Waals surface area contributed by atoms with E-state index in [0.717, 1.165) is 5.56 Å². The lowest BCUT2D eigenvalue weighted by Crippen LogP contribution is -2.50. The fourth-order valence-electron chi connectivity index (χ4n) is 4.12. The first kappa shape index (κ1) is 23.3. The van der Waals surface area contributed by atoms with Crippen molar-refractivity contribution in [2.45, 2.75) is 24.2 Å². The second-order valence-corrected chi connectivity index (χ2v) is 10.3. The molecule has 3 aromatic rings. The Morgan fingerprint density at radius 3 is 2.46 bits per heavy atom. The fourth-order valence-corrected chi connectivity index (χ4v) is 5.56. The van der Waals surface area contributed by atoms with Gasteiger partial charge in [-0.15, -0.1) is 0 Å². The lowest BCUT2D eigenvalue weighted by Gasteiger charge is -2.34. The van der Waals surface area contributed by atoms with Crippen LogP contribution in [0.25, 0.3) is 11.4 Å². The molecule has 11 heteroatoms. The summed E-state index contributed by atoms with van der Waals surface area (Å²) in [7, 11) is -3.69. The number of ether oxygens (including phenoxy) is 2. The molecule has 0 unspecified atom stereocenters. The molecular formula is C24H26N4O6S. The van der Waals surface area contributed by atoms with Gasteiger partial charge in [-0.2, -0.15) is 9.29 Å². The number of rotatable bonds is 7. The van der Waals surface area contributed by atoms with E-state index >= 15 is 0 Å². The molecule has 0 N–H and O–H groups in total. The molecular weight excluding hydrogens is 472 g/mol. The van der Waals surface area contributed by atoms with Gasteiger partial charge in [-0.1, -0.05) is 35.5 Å². The molecule has 1 amide bonds. The SMILES string of the molecule is O=C(CCCc1nc(-c2ccccc2)no1)N1CCN(S(=O)(=O)c2ccc3c(c2)OCCO3)CC1. The molecule has 0 bridgehead atoms. The number of aryl methyl sites for hydroxylation is 1. The van der Waals surface area contributed by atoms with E-state index in [1.54, 1.807) is 11.0 Å². The topological polar surface area (TPSA) is 115 Å². The summed E-state index contributed by atoms with van der Waals surface area (Å²) in [5.41, 5.74) is 0.877. The summed E-state index contributed by atoms with van der Waals surface area (Å²) in [5.74, 6) is 1.99. The summed E-state index contributed by atoms with van der Waals surface area (Å²) in [4.78, 5) is 18.9. The van der Waals surface area contributed by atoms with E-state index in [0.29, 0.717) is 68.8 Å². The smallest absolute Gasteiger partial charge is 0.243 e. The average Bonchev–Trinajstić information content (AvgIpc) is 3.38. The van der Waals surface area contributed by atoms with Gasteiger partial charge >= 0.3 is 0 Å². The van der Waals surface area contributed by atoms with Gasteiger partial charge < -0.3 is 18.9 Å². The molecule has 2 aromatic carbocycles. The average molecular weight is 499 g/mol. The number of piperazine rings is 1. The van der Waals surface area contributed by atoms with Crippen LogP contribution in [0.2, 0.25) is 0 Å². The fraction of sp³-hybridized carbons (Fsp3) is 0.375. The van der Waals surface area contributed by atoms with Crippen molar-refractivity contribution in [2.24, 2.45) is 0 Å². The quantitative estimate of drug-likeness (QED) is 0.488. The van der Waals surface area contributed by atoms with Gasteiger partial charge in [-0.05, 0) is 18.6 Å². The number of carbonyl (C=O) groups excluding carboxylic acids is 1. The first-order valence-electron chi connectivity index (χ1n) is 11.6. The molecule has 35 heavy (non-hydrogen) atoms. The Hall–Kier alpha value is -3.44. The van der Waals surface area contributed by atoms with Crippen LogP contribution in [0.3, 0.4) is 0 Å². The first-order valence-corrected chi connectivity index (χ1v) is 13.0. The van der Waals surface area contributed by atoms with Crippen molar-refractivity contribution in [1.82, 2.24) is 19.3 Å². The summed E-state index contributed by atoms with van der Waals surface area (Å²) in [6.45, 7) is 2.01. The molecule has 0 radical (unpaired) electrons. The van der Waals surface area contributed by atoms with Crippen LogP contribution < -0.4 is 9.47 Å². The number of sulfonamides is 1. The maximum atomic E-state index is 13.1. The summed E-state index contributed by atoms with van der Waals surface area (Å²) in [6.07, 6.45) is 1.41. The van der Waals surface area contributed by atoms with E-state index in [9.17, 15) is 13.2 Å². The highest BCUT2D eigenvalue weighted by molar-refractivity contribution is 7.89. The Kier molecular flexibility index (Phi) is 6.69. The number of hydrogen-bond acceptors (Lipinski definition) is 8. The number of nitrogens with zero attached hydrogens (tertiary/aromatic N) is 4. The van der Waals surface area contributed by atoms with Gasteiger partial charge in [-0.25, -0.2) is 8.42 Å². The Balaban J connectivity index is 1.11. The van der Waals surface area contributed by atoms with Crippen LogP contribution in [0.1, 0.15) is 18.7 Å². The Bertz CT molecular complexity index is 1290. The molecule has 1 fully saturated rings. The summed E-state index contributed by atoms with van der Waals surface area (Å²) in [6, 6.07) is 14.2. The van der Waals surface area contributed by atoms with Gasteiger partial charge in [0.1, 0.15) is 13.2 Å².